The number of halogens is 1. The smallest absolute Gasteiger partial charge is 0.240 e. The van der Waals surface area contributed by atoms with E-state index >= 15 is 0 Å². The van der Waals surface area contributed by atoms with Gasteiger partial charge in [0, 0.05) is 45.1 Å². The van der Waals surface area contributed by atoms with E-state index < -0.39 is 5.38 Å². The van der Waals surface area contributed by atoms with Gasteiger partial charge in [0.25, 0.3) is 0 Å². The van der Waals surface area contributed by atoms with Crippen molar-refractivity contribution in [3.8, 4) is 0 Å². The lowest BCUT2D eigenvalue weighted by Crippen LogP contribution is -2.50. The molecule has 0 radical (unpaired) electrons. The number of piperazine rings is 1. The largest absolute Gasteiger partial charge is 0.339 e. The Bertz CT molecular complexity index is 371. The molecule has 6 heteroatoms. The maximum Gasteiger partial charge on any atom is 0.240 e. The zero-order valence-electron chi connectivity index (χ0n) is 10.6. The lowest BCUT2D eigenvalue weighted by atomic mass is 10.3. The molecule has 1 saturated heterocycles. The minimum atomic E-state index is -0.416. The highest BCUT2D eigenvalue weighted by molar-refractivity contribution is 6.30. The van der Waals surface area contributed by atoms with Crippen molar-refractivity contribution in [1.82, 2.24) is 19.6 Å². The molecule has 2 rings (SSSR count). The van der Waals surface area contributed by atoms with Gasteiger partial charge in [0.2, 0.25) is 5.91 Å². The molecule has 0 aliphatic carbocycles. The van der Waals surface area contributed by atoms with Crippen LogP contribution in [0, 0.1) is 0 Å². The fourth-order valence-electron chi connectivity index (χ4n) is 2.12. The Balaban J connectivity index is 1.72. The van der Waals surface area contributed by atoms with Crippen LogP contribution in [-0.2, 0) is 11.3 Å². The summed E-state index contributed by atoms with van der Waals surface area (Å²) in [5, 5.41) is 3.76. The van der Waals surface area contributed by atoms with Crippen LogP contribution in [0.25, 0.3) is 0 Å². The fourth-order valence-corrected chi connectivity index (χ4v) is 2.26. The predicted octanol–water partition coefficient (Wildman–Crippen LogP) is 0.655. The highest BCUT2D eigenvalue weighted by Crippen LogP contribution is 2.07. The van der Waals surface area contributed by atoms with Crippen molar-refractivity contribution in [2.75, 3.05) is 32.7 Å². The van der Waals surface area contributed by atoms with E-state index in [0.29, 0.717) is 0 Å². The van der Waals surface area contributed by atoms with E-state index in [-0.39, 0.29) is 5.91 Å². The molecule has 1 aliphatic rings. The standard InChI is InChI=1S/C12H19ClN4O/c1-11(13)12(18)16-8-5-15(6-9-16)7-10-17-4-2-3-14-17/h2-4,11H,5-10H2,1H3. The summed E-state index contributed by atoms with van der Waals surface area (Å²) in [6.07, 6.45) is 3.76. The number of hydrogen-bond donors (Lipinski definition) is 0. The summed E-state index contributed by atoms with van der Waals surface area (Å²) in [6, 6.07) is 1.93. The van der Waals surface area contributed by atoms with E-state index in [0.717, 1.165) is 39.3 Å². The van der Waals surface area contributed by atoms with Crippen LogP contribution in [0.5, 0.6) is 0 Å². The summed E-state index contributed by atoms with van der Waals surface area (Å²) in [6.45, 7) is 6.97. The van der Waals surface area contributed by atoms with Crippen LogP contribution < -0.4 is 0 Å². The monoisotopic (exact) mass is 270 g/mol. The molecular weight excluding hydrogens is 252 g/mol. The molecule has 1 amide bonds. The summed E-state index contributed by atoms with van der Waals surface area (Å²) < 4.78 is 1.93. The van der Waals surface area contributed by atoms with Gasteiger partial charge in [-0.05, 0) is 13.0 Å². The molecule has 1 aliphatic heterocycles. The summed E-state index contributed by atoms with van der Waals surface area (Å²) in [4.78, 5) is 15.9. The van der Waals surface area contributed by atoms with Gasteiger partial charge >= 0.3 is 0 Å². The first kappa shape index (κ1) is 13.4. The molecule has 18 heavy (non-hydrogen) atoms. The van der Waals surface area contributed by atoms with Gasteiger partial charge in [-0.1, -0.05) is 0 Å². The average molecular weight is 271 g/mol. The van der Waals surface area contributed by atoms with Crippen LogP contribution in [0.1, 0.15) is 6.92 Å². The molecule has 0 spiro atoms. The normalized spacial score (nSPS) is 18.9. The van der Waals surface area contributed by atoms with Crippen LogP contribution in [0.3, 0.4) is 0 Å². The second-order valence-electron chi connectivity index (χ2n) is 4.55. The van der Waals surface area contributed by atoms with Crippen LogP contribution in [0.4, 0.5) is 0 Å². The summed E-state index contributed by atoms with van der Waals surface area (Å²) in [5.41, 5.74) is 0. The van der Waals surface area contributed by atoms with Crippen molar-refractivity contribution >= 4 is 17.5 Å². The van der Waals surface area contributed by atoms with Crippen molar-refractivity contribution in [3.63, 3.8) is 0 Å². The number of hydrogen-bond acceptors (Lipinski definition) is 3. The van der Waals surface area contributed by atoms with Gasteiger partial charge in [0.1, 0.15) is 5.38 Å². The van der Waals surface area contributed by atoms with E-state index in [4.69, 9.17) is 11.6 Å². The summed E-state index contributed by atoms with van der Waals surface area (Å²) in [7, 11) is 0. The third-order valence-electron chi connectivity index (χ3n) is 3.23. The molecule has 1 aromatic rings. The fraction of sp³-hybridized carbons (Fsp3) is 0.667. The Morgan fingerprint density at radius 2 is 2.06 bits per heavy atom. The van der Waals surface area contributed by atoms with Gasteiger partial charge in [-0.2, -0.15) is 5.10 Å². The van der Waals surface area contributed by atoms with Gasteiger partial charge in [0.15, 0.2) is 0 Å². The first-order chi connectivity index (χ1) is 8.66. The molecule has 1 atom stereocenters. The predicted molar refractivity (Wildman–Crippen MR) is 70.6 cm³/mol. The van der Waals surface area contributed by atoms with Crippen molar-refractivity contribution < 1.29 is 4.79 Å². The van der Waals surface area contributed by atoms with Crippen molar-refractivity contribution in [2.24, 2.45) is 0 Å². The Kier molecular flexibility index (Phi) is 4.60. The number of rotatable bonds is 4. The van der Waals surface area contributed by atoms with Gasteiger partial charge in [-0.3, -0.25) is 14.4 Å². The zero-order valence-corrected chi connectivity index (χ0v) is 11.4. The molecule has 1 unspecified atom stereocenters. The maximum absolute atomic E-state index is 11.7. The topological polar surface area (TPSA) is 41.4 Å². The molecule has 0 N–H and O–H groups in total. The highest BCUT2D eigenvalue weighted by Gasteiger charge is 2.23. The lowest BCUT2D eigenvalue weighted by Gasteiger charge is -2.35. The Morgan fingerprint density at radius 1 is 1.33 bits per heavy atom. The summed E-state index contributed by atoms with van der Waals surface area (Å²) in [5.74, 6) is 0.0448. The highest BCUT2D eigenvalue weighted by atomic mass is 35.5. The number of aromatic nitrogens is 2. The average Bonchev–Trinajstić information content (AvgIpc) is 2.89. The molecule has 0 bridgehead atoms. The molecule has 0 saturated carbocycles. The third kappa shape index (κ3) is 3.46. The number of amides is 1. The maximum atomic E-state index is 11.7. The molecule has 100 valence electrons. The zero-order chi connectivity index (χ0) is 13.0. The van der Waals surface area contributed by atoms with Crippen LogP contribution in [0.15, 0.2) is 18.5 Å². The molecule has 5 nitrogen and oxygen atoms in total. The molecule has 1 fully saturated rings. The third-order valence-corrected chi connectivity index (χ3v) is 3.42. The number of carbonyl (C=O) groups excluding carboxylic acids is 1. The second-order valence-corrected chi connectivity index (χ2v) is 5.21. The molecule has 2 heterocycles. The number of alkyl halides is 1. The SMILES string of the molecule is CC(Cl)C(=O)N1CCN(CCn2cccn2)CC1. The quantitative estimate of drug-likeness (QED) is 0.755. The van der Waals surface area contributed by atoms with Crippen molar-refractivity contribution in [1.29, 1.82) is 0 Å². The van der Waals surface area contributed by atoms with Gasteiger partial charge in [-0.15, -0.1) is 11.6 Å². The minimum absolute atomic E-state index is 0.0448. The molecule has 1 aromatic heterocycles. The first-order valence-corrected chi connectivity index (χ1v) is 6.73. The van der Waals surface area contributed by atoms with Gasteiger partial charge in [-0.25, -0.2) is 0 Å². The minimum Gasteiger partial charge on any atom is -0.339 e. The van der Waals surface area contributed by atoms with Gasteiger partial charge < -0.3 is 4.90 Å². The van der Waals surface area contributed by atoms with E-state index in [1.165, 1.54) is 0 Å². The molecule has 0 aromatic carbocycles. The number of carbonyl (C=O) groups is 1. The van der Waals surface area contributed by atoms with Crippen LogP contribution in [-0.4, -0.2) is 63.6 Å². The first-order valence-electron chi connectivity index (χ1n) is 6.29. The van der Waals surface area contributed by atoms with E-state index in [2.05, 4.69) is 10.00 Å². The van der Waals surface area contributed by atoms with E-state index in [9.17, 15) is 4.79 Å². The van der Waals surface area contributed by atoms with Crippen molar-refractivity contribution in [3.05, 3.63) is 18.5 Å². The van der Waals surface area contributed by atoms with Gasteiger partial charge in [0.05, 0.1) is 6.54 Å². The van der Waals surface area contributed by atoms with Crippen LogP contribution in [0.2, 0.25) is 0 Å². The second kappa shape index (κ2) is 6.20. The lowest BCUT2D eigenvalue weighted by molar-refractivity contribution is -0.132. The van der Waals surface area contributed by atoms with E-state index in [1.807, 2.05) is 21.8 Å². The Labute approximate surface area is 112 Å². The van der Waals surface area contributed by atoms with E-state index in [1.54, 1.807) is 13.1 Å². The molecular formula is C12H19ClN4O. The summed E-state index contributed by atoms with van der Waals surface area (Å²) >= 11 is 5.81. The number of nitrogens with zero attached hydrogens (tertiary/aromatic N) is 4. The Morgan fingerprint density at radius 3 is 2.61 bits per heavy atom. The van der Waals surface area contributed by atoms with Crippen molar-refractivity contribution in [2.45, 2.75) is 18.8 Å². The Hall–Kier alpha value is -1.07. The van der Waals surface area contributed by atoms with Crippen LogP contribution >= 0.6 is 11.6 Å².